The molecule has 0 saturated heterocycles. The Labute approximate surface area is 297 Å². The second-order valence-electron chi connectivity index (χ2n) is 13.5. The van der Waals surface area contributed by atoms with Crippen molar-refractivity contribution in [1.82, 2.24) is 5.32 Å². The average Bonchev–Trinajstić information content (AvgIpc) is 3.06. The number of carbonyl (C=O) groups excluding carboxylic acids is 2. The number of ether oxygens (including phenoxy) is 3. The van der Waals surface area contributed by atoms with Crippen LogP contribution in [0, 0.1) is 27.4 Å². The summed E-state index contributed by atoms with van der Waals surface area (Å²) in [7, 11) is 0. The summed E-state index contributed by atoms with van der Waals surface area (Å²) in [6, 6.07) is 20.3. The van der Waals surface area contributed by atoms with Crippen molar-refractivity contribution in [1.29, 1.82) is 0 Å². The largest absolute Gasteiger partial charge is 0.480 e. The van der Waals surface area contributed by atoms with Gasteiger partial charge in [-0.1, -0.05) is 94.4 Å². The lowest BCUT2D eigenvalue weighted by Crippen LogP contribution is -2.58. The summed E-state index contributed by atoms with van der Waals surface area (Å²) in [6.45, 7) is 9.03. The summed E-state index contributed by atoms with van der Waals surface area (Å²) in [6.07, 6.45) is -0.820. The molecule has 0 radical (unpaired) electrons. The number of carbonyl (C=O) groups is 4. The van der Waals surface area contributed by atoms with E-state index in [9.17, 15) is 39.5 Å². The smallest absolute Gasteiger partial charge is 0.407 e. The number of hydrogen-bond donors (Lipinski definition) is 3. The lowest BCUT2D eigenvalue weighted by molar-refractivity contribution is -0.386. The van der Waals surface area contributed by atoms with Crippen LogP contribution in [0.2, 0.25) is 0 Å². The van der Waals surface area contributed by atoms with Gasteiger partial charge in [-0.05, 0) is 47.9 Å². The zero-order valence-corrected chi connectivity index (χ0v) is 29.5. The molecule has 0 bridgehead atoms. The van der Waals surface area contributed by atoms with E-state index in [0.29, 0.717) is 5.56 Å². The van der Waals surface area contributed by atoms with Crippen LogP contribution in [0.15, 0.2) is 78.9 Å². The van der Waals surface area contributed by atoms with Crippen molar-refractivity contribution in [2.75, 3.05) is 13.2 Å². The first-order chi connectivity index (χ1) is 24.1. The molecule has 3 aromatic carbocycles. The third-order valence-corrected chi connectivity index (χ3v) is 8.27. The highest BCUT2D eigenvalue weighted by atomic mass is 16.6. The van der Waals surface area contributed by atoms with Crippen molar-refractivity contribution in [3.8, 4) is 5.75 Å². The first-order valence-electron chi connectivity index (χ1n) is 16.7. The Kier molecular flexibility index (Phi) is 14.1. The van der Waals surface area contributed by atoms with E-state index >= 15 is 0 Å². The minimum atomic E-state index is -2.14. The maximum Gasteiger partial charge on any atom is 0.407 e. The Morgan fingerprint density at radius 2 is 1.41 bits per heavy atom. The van der Waals surface area contributed by atoms with E-state index in [1.165, 1.54) is 12.1 Å². The fraction of sp³-hybridized carbons (Fsp3) is 0.421. The lowest BCUT2D eigenvalue weighted by atomic mass is 9.69. The number of rotatable bonds is 18. The zero-order valence-electron chi connectivity index (χ0n) is 29.5. The molecular formula is C38H46N2O11. The van der Waals surface area contributed by atoms with Gasteiger partial charge in [0.25, 0.3) is 0 Å². The average molecular weight is 707 g/mol. The molecule has 0 aliphatic rings. The molecule has 3 atom stereocenters. The molecule has 3 rings (SSSR count). The highest BCUT2D eigenvalue weighted by Crippen LogP contribution is 2.43. The van der Waals surface area contributed by atoms with Gasteiger partial charge in [0.1, 0.15) is 11.6 Å². The number of amides is 1. The minimum Gasteiger partial charge on any atom is -0.480 e. The normalized spacial score (nSPS) is 13.7. The van der Waals surface area contributed by atoms with Crippen LogP contribution in [0.25, 0.3) is 0 Å². The van der Waals surface area contributed by atoms with Gasteiger partial charge in [0.15, 0.2) is 11.7 Å². The van der Waals surface area contributed by atoms with Crippen LogP contribution >= 0.6 is 0 Å². The van der Waals surface area contributed by atoms with Gasteiger partial charge in [0.2, 0.25) is 0 Å². The van der Waals surface area contributed by atoms with Gasteiger partial charge < -0.3 is 29.7 Å². The molecular weight excluding hydrogens is 660 g/mol. The van der Waals surface area contributed by atoms with Gasteiger partial charge in [0, 0.05) is 24.8 Å². The number of nitro benzene ring substituents is 1. The molecule has 0 saturated carbocycles. The second-order valence-corrected chi connectivity index (χ2v) is 13.5. The number of hydrogen-bond acceptors (Lipinski definition) is 9. The van der Waals surface area contributed by atoms with E-state index in [4.69, 9.17) is 14.2 Å². The molecule has 0 spiro atoms. The molecule has 13 heteroatoms. The fourth-order valence-electron chi connectivity index (χ4n) is 5.92. The number of nitrogens with one attached hydrogen (secondary N) is 1. The maximum absolute atomic E-state index is 12.9. The summed E-state index contributed by atoms with van der Waals surface area (Å²) in [5.74, 6) is -7.36. The molecule has 0 fully saturated rings. The Hall–Kier alpha value is -5.46. The molecule has 1 amide bonds. The third kappa shape index (κ3) is 11.3. The predicted molar refractivity (Wildman–Crippen MR) is 187 cm³/mol. The molecule has 0 heterocycles. The Bertz CT molecular complexity index is 1640. The van der Waals surface area contributed by atoms with E-state index in [2.05, 4.69) is 5.32 Å². The SMILES string of the molecule is CCOC(=O)[C@H](Cc1ccc(O[C@](Cc2ccccc2)(C(CC)Cc2ccccc2)C(C(=O)O)C(=O)O)c([N+](=O)[O-])c1)NC(=O)OCC(C)(C)C. The molecule has 0 aliphatic heterocycles. The molecule has 1 unspecified atom stereocenters. The maximum atomic E-state index is 12.9. The van der Waals surface area contributed by atoms with E-state index in [1.54, 1.807) is 56.3 Å². The first-order valence-corrected chi connectivity index (χ1v) is 16.7. The van der Waals surface area contributed by atoms with E-state index in [1.807, 2.05) is 39.0 Å². The number of nitrogens with zero attached hydrogens (tertiary/aromatic N) is 1. The highest BCUT2D eigenvalue weighted by Gasteiger charge is 2.55. The summed E-state index contributed by atoms with van der Waals surface area (Å²) >= 11 is 0. The number of benzene rings is 3. The topological polar surface area (TPSA) is 192 Å². The van der Waals surface area contributed by atoms with Crippen molar-refractivity contribution in [3.05, 3.63) is 106 Å². The fourth-order valence-corrected chi connectivity index (χ4v) is 5.92. The number of carboxylic acid groups (broad SMARTS) is 2. The summed E-state index contributed by atoms with van der Waals surface area (Å²) < 4.78 is 16.9. The van der Waals surface area contributed by atoms with Crippen molar-refractivity contribution in [2.45, 2.75) is 71.9 Å². The lowest BCUT2D eigenvalue weighted by Gasteiger charge is -2.43. The number of carboxylic acids is 2. The highest BCUT2D eigenvalue weighted by molar-refractivity contribution is 5.94. The van der Waals surface area contributed by atoms with Crippen LogP contribution < -0.4 is 10.1 Å². The standard InChI is InChI=1S/C38H46N2O11/c1-6-28(20-25-14-10-8-11-15-25)38(32(33(41)42)34(43)44,23-26-16-12-9-13-17-26)51-31-19-18-27(22-30(31)40(47)48)21-29(35(45)49-7-2)39-36(46)50-24-37(3,4)5/h8-19,22,28-29,32H,6-7,20-21,23-24H2,1-5H3,(H,39,46)(H,41,42)(H,43,44)/t28?,29-,38+/m0/s1. The monoisotopic (exact) mass is 706 g/mol. The van der Waals surface area contributed by atoms with Gasteiger partial charge in [-0.3, -0.25) is 19.7 Å². The molecule has 0 aromatic heterocycles. The number of aliphatic carboxylic acids is 2. The van der Waals surface area contributed by atoms with Gasteiger partial charge in [-0.25, -0.2) is 9.59 Å². The van der Waals surface area contributed by atoms with Crippen LogP contribution in [-0.2, 0) is 43.1 Å². The molecule has 51 heavy (non-hydrogen) atoms. The van der Waals surface area contributed by atoms with Crippen molar-refractivity contribution in [2.24, 2.45) is 17.3 Å². The number of esters is 1. The van der Waals surface area contributed by atoms with E-state index in [0.717, 1.165) is 11.6 Å². The molecule has 274 valence electrons. The van der Waals surface area contributed by atoms with Crippen molar-refractivity contribution in [3.63, 3.8) is 0 Å². The Morgan fingerprint density at radius 1 is 0.824 bits per heavy atom. The number of nitro groups is 1. The molecule has 3 N–H and O–H groups in total. The van der Waals surface area contributed by atoms with Crippen molar-refractivity contribution >= 4 is 29.7 Å². The van der Waals surface area contributed by atoms with Crippen molar-refractivity contribution < 1.29 is 48.5 Å². The summed E-state index contributed by atoms with van der Waals surface area (Å²) in [4.78, 5) is 63.0. The summed E-state index contributed by atoms with van der Waals surface area (Å²) in [5, 5.41) is 35.9. The molecule has 0 aliphatic carbocycles. The van der Waals surface area contributed by atoms with Gasteiger partial charge in [-0.15, -0.1) is 0 Å². The van der Waals surface area contributed by atoms with Crippen LogP contribution in [-0.4, -0.2) is 64.0 Å². The van der Waals surface area contributed by atoms with Gasteiger partial charge in [0.05, 0.1) is 18.1 Å². The zero-order chi connectivity index (χ0) is 37.8. The molecule has 13 nitrogen and oxygen atoms in total. The van der Waals surface area contributed by atoms with E-state index in [-0.39, 0.29) is 55.6 Å². The van der Waals surface area contributed by atoms with Crippen LogP contribution in [0.3, 0.4) is 0 Å². The quantitative estimate of drug-likeness (QED) is 0.0586. The van der Waals surface area contributed by atoms with Gasteiger partial charge >= 0.3 is 29.7 Å². The Morgan fingerprint density at radius 3 is 1.92 bits per heavy atom. The second kappa shape index (κ2) is 18.0. The van der Waals surface area contributed by atoms with Crippen LogP contribution in [0.5, 0.6) is 5.75 Å². The predicted octanol–water partition coefficient (Wildman–Crippen LogP) is 6.26. The molecule has 3 aromatic rings. The Balaban J connectivity index is 2.15. The van der Waals surface area contributed by atoms with Crippen LogP contribution in [0.4, 0.5) is 10.5 Å². The van der Waals surface area contributed by atoms with Crippen LogP contribution in [0.1, 0.15) is 57.7 Å². The summed E-state index contributed by atoms with van der Waals surface area (Å²) in [5.41, 5.74) is -1.36. The number of alkyl carbamates (subject to hydrolysis) is 1. The minimum absolute atomic E-state index is 0.0143. The van der Waals surface area contributed by atoms with E-state index < -0.39 is 58.1 Å². The van der Waals surface area contributed by atoms with Gasteiger partial charge in [-0.2, -0.15) is 0 Å². The third-order valence-electron chi connectivity index (χ3n) is 8.27. The first kappa shape index (κ1) is 40.0.